The summed E-state index contributed by atoms with van der Waals surface area (Å²) < 4.78 is 28.5. The summed E-state index contributed by atoms with van der Waals surface area (Å²) in [6, 6.07) is 6.21. The van der Waals surface area contributed by atoms with Crippen LogP contribution < -0.4 is 4.74 Å². The van der Waals surface area contributed by atoms with E-state index in [1.54, 1.807) is 12.1 Å². The molecule has 1 aliphatic carbocycles. The maximum Gasteiger partial charge on any atom is 0.387 e. The molecule has 0 aromatic heterocycles. The van der Waals surface area contributed by atoms with Crippen LogP contribution in [0.4, 0.5) is 8.78 Å². The number of hydrogen-bond acceptors (Lipinski definition) is 2. The Hall–Kier alpha value is -1.17. The zero-order valence-corrected chi connectivity index (χ0v) is 13.2. The molecule has 1 aromatic rings. The van der Waals surface area contributed by atoms with Gasteiger partial charge in [-0.3, -0.25) is 4.79 Å². The second kappa shape index (κ2) is 7.73. The molecular formula is C15H18BrF2NO2. The lowest BCUT2D eigenvalue weighted by Crippen LogP contribution is -2.44. The Labute approximate surface area is 131 Å². The number of alkyl halides is 3. The summed E-state index contributed by atoms with van der Waals surface area (Å²) in [6.45, 7) is -2.14. The summed E-state index contributed by atoms with van der Waals surface area (Å²) in [5.41, 5.74) is 0.512. The van der Waals surface area contributed by atoms with Gasteiger partial charge in [0.1, 0.15) is 5.75 Å². The van der Waals surface area contributed by atoms with Crippen LogP contribution in [-0.4, -0.2) is 35.3 Å². The zero-order chi connectivity index (χ0) is 15.2. The average molecular weight is 362 g/mol. The molecule has 116 valence electrons. The van der Waals surface area contributed by atoms with Gasteiger partial charge in [-0.1, -0.05) is 15.9 Å². The molecule has 0 spiro atoms. The first-order chi connectivity index (χ1) is 10.1. The van der Waals surface area contributed by atoms with Gasteiger partial charge in [-0.05, 0) is 49.9 Å². The molecule has 0 radical (unpaired) electrons. The fourth-order valence-corrected chi connectivity index (χ4v) is 2.57. The van der Waals surface area contributed by atoms with Gasteiger partial charge in [0.25, 0.3) is 5.91 Å². The fraction of sp³-hybridized carbons (Fsp3) is 0.533. The largest absolute Gasteiger partial charge is 0.435 e. The van der Waals surface area contributed by atoms with Gasteiger partial charge in [0.05, 0.1) is 0 Å². The number of rotatable bonds is 7. The number of halogens is 3. The Bertz CT molecular complexity index is 463. The standard InChI is InChI=1S/C15H18BrF2NO2/c16-9-2-10-19(12-3-1-4-12)14(20)11-5-7-13(8-6-11)21-15(17)18/h5-8,12,15H,1-4,9-10H2. The van der Waals surface area contributed by atoms with Gasteiger partial charge in [-0.2, -0.15) is 8.78 Å². The van der Waals surface area contributed by atoms with Gasteiger partial charge >= 0.3 is 6.61 Å². The van der Waals surface area contributed by atoms with E-state index in [4.69, 9.17) is 0 Å². The van der Waals surface area contributed by atoms with E-state index in [9.17, 15) is 13.6 Å². The second-order valence-corrected chi connectivity index (χ2v) is 5.82. The van der Waals surface area contributed by atoms with Crippen LogP contribution in [-0.2, 0) is 0 Å². The van der Waals surface area contributed by atoms with Crippen molar-refractivity contribution < 1.29 is 18.3 Å². The summed E-state index contributed by atoms with van der Waals surface area (Å²) in [4.78, 5) is 14.4. The van der Waals surface area contributed by atoms with E-state index in [0.29, 0.717) is 18.2 Å². The molecule has 0 bridgehead atoms. The molecule has 1 fully saturated rings. The van der Waals surface area contributed by atoms with Crippen LogP contribution in [0.1, 0.15) is 36.0 Å². The van der Waals surface area contributed by atoms with E-state index in [1.807, 2.05) is 4.90 Å². The Morgan fingerprint density at radius 1 is 1.33 bits per heavy atom. The molecule has 2 rings (SSSR count). The van der Waals surface area contributed by atoms with Crippen molar-refractivity contribution in [1.82, 2.24) is 4.90 Å². The predicted octanol–water partition coefficient (Wildman–Crippen LogP) is 4.07. The van der Waals surface area contributed by atoms with Gasteiger partial charge in [0.15, 0.2) is 0 Å². The quantitative estimate of drug-likeness (QED) is 0.685. The van der Waals surface area contributed by atoms with E-state index in [1.165, 1.54) is 12.1 Å². The molecule has 1 aliphatic rings. The van der Waals surface area contributed by atoms with E-state index < -0.39 is 6.61 Å². The molecule has 1 aromatic carbocycles. The average Bonchev–Trinajstić information content (AvgIpc) is 2.40. The highest BCUT2D eigenvalue weighted by Gasteiger charge is 2.28. The van der Waals surface area contributed by atoms with Crippen molar-refractivity contribution in [2.24, 2.45) is 0 Å². The first-order valence-electron chi connectivity index (χ1n) is 7.03. The predicted molar refractivity (Wildman–Crippen MR) is 80.2 cm³/mol. The highest BCUT2D eigenvalue weighted by Crippen LogP contribution is 2.27. The number of carbonyl (C=O) groups excluding carboxylic acids is 1. The summed E-state index contributed by atoms with van der Waals surface area (Å²) in [5, 5.41) is 0.852. The van der Waals surface area contributed by atoms with Crippen molar-refractivity contribution in [2.45, 2.75) is 38.3 Å². The lowest BCUT2D eigenvalue weighted by molar-refractivity contribution is -0.0498. The van der Waals surface area contributed by atoms with Crippen molar-refractivity contribution in [2.75, 3.05) is 11.9 Å². The first-order valence-corrected chi connectivity index (χ1v) is 8.16. The number of benzene rings is 1. The van der Waals surface area contributed by atoms with E-state index in [2.05, 4.69) is 20.7 Å². The molecule has 0 N–H and O–H groups in total. The molecule has 0 saturated heterocycles. The Morgan fingerprint density at radius 3 is 2.48 bits per heavy atom. The van der Waals surface area contributed by atoms with Crippen molar-refractivity contribution >= 4 is 21.8 Å². The molecule has 0 atom stereocenters. The van der Waals surface area contributed by atoms with Crippen LogP contribution in [0.15, 0.2) is 24.3 Å². The van der Waals surface area contributed by atoms with Gasteiger partial charge in [0, 0.05) is 23.5 Å². The molecule has 6 heteroatoms. The molecule has 1 amide bonds. The summed E-state index contributed by atoms with van der Waals surface area (Å²) in [6.07, 6.45) is 4.14. The fourth-order valence-electron chi connectivity index (χ4n) is 2.32. The lowest BCUT2D eigenvalue weighted by atomic mass is 9.91. The van der Waals surface area contributed by atoms with Gasteiger partial charge in [0.2, 0.25) is 0 Å². The molecule has 3 nitrogen and oxygen atoms in total. The monoisotopic (exact) mass is 361 g/mol. The minimum Gasteiger partial charge on any atom is -0.435 e. The van der Waals surface area contributed by atoms with Gasteiger partial charge in [-0.25, -0.2) is 0 Å². The lowest BCUT2D eigenvalue weighted by Gasteiger charge is -2.37. The zero-order valence-electron chi connectivity index (χ0n) is 11.6. The highest BCUT2D eigenvalue weighted by molar-refractivity contribution is 9.09. The topological polar surface area (TPSA) is 29.5 Å². The van der Waals surface area contributed by atoms with Crippen molar-refractivity contribution in [3.8, 4) is 5.75 Å². The third-order valence-electron chi connectivity index (χ3n) is 3.64. The third-order valence-corrected chi connectivity index (χ3v) is 4.20. The van der Waals surface area contributed by atoms with Crippen LogP contribution >= 0.6 is 15.9 Å². The third kappa shape index (κ3) is 4.40. The van der Waals surface area contributed by atoms with Crippen LogP contribution in [0.2, 0.25) is 0 Å². The van der Waals surface area contributed by atoms with E-state index in [0.717, 1.165) is 31.0 Å². The van der Waals surface area contributed by atoms with Crippen molar-refractivity contribution in [1.29, 1.82) is 0 Å². The van der Waals surface area contributed by atoms with Crippen LogP contribution in [0.3, 0.4) is 0 Å². The summed E-state index contributed by atoms with van der Waals surface area (Å²) in [5.74, 6) is 0.0291. The Morgan fingerprint density at radius 2 is 2.00 bits per heavy atom. The number of carbonyl (C=O) groups is 1. The summed E-state index contributed by atoms with van der Waals surface area (Å²) in [7, 11) is 0. The van der Waals surface area contributed by atoms with E-state index in [-0.39, 0.29) is 11.7 Å². The van der Waals surface area contributed by atoms with Crippen LogP contribution in [0.5, 0.6) is 5.75 Å². The van der Waals surface area contributed by atoms with Gasteiger partial charge in [-0.15, -0.1) is 0 Å². The SMILES string of the molecule is O=C(c1ccc(OC(F)F)cc1)N(CCCBr)C1CCC1. The number of hydrogen-bond donors (Lipinski definition) is 0. The summed E-state index contributed by atoms with van der Waals surface area (Å²) >= 11 is 3.38. The second-order valence-electron chi connectivity index (χ2n) is 5.03. The normalized spacial score (nSPS) is 14.9. The Balaban J connectivity index is 2.04. The maximum absolute atomic E-state index is 12.5. The molecule has 0 unspecified atom stereocenters. The highest BCUT2D eigenvalue weighted by atomic mass is 79.9. The van der Waals surface area contributed by atoms with Gasteiger partial charge < -0.3 is 9.64 Å². The minimum absolute atomic E-state index is 0.0377. The Kier molecular flexibility index (Phi) is 5.96. The number of nitrogens with zero attached hydrogens (tertiary/aromatic N) is 1. The minimum atomic E-state index is -2.85. The molecule has 0 aliphatic heterocycles. The number of amides is 1. The van der Waals surface area contributed by atoms with Crippen molar-refractivity contribution in [3.63, 3.8) is 0 Å². The van der Waals surface area contributed by atoms with E-state index >= 15 is 0 Å². The van der Waals surface area contributed by atoms with Crippen LogP contribution in [0.25, 0.3) is 0 Å². The molecule has 1 saturated carbocycles. The maximum atomic E-state index is 12.5. The first kappa shape index (κ1) is 16.2. The smallest absolute Gasteiger partial charge is 0.387 e. The molecule has 0 heterocycles. The molecular weight excluding hydrogens is 344 g/mol. The van der Waals surface area contributed by atoms with Crippen molar-refractivity contribution in [3.05, 3.63) is 29.8 Å². The molecule has 21 heavy (non-hydrogen) atoms. The number of ether oxygens (including phenoxy) is 1. The van der Waals surface area contributed by atoms with Crippen LogP contribution in [0, 0.1) is 0 Å².